The summed E-state index contributed by atoms with van der Waals surface area (Å²) >= 11 is 0. The summed E-state index contributed by atoms with van der Waals surface area (Å²) in [6.45, 7) is 0. The number of hydrogen-bond acceptors (Lipinski definition) is 1. The molecule has 6 aromatic rings. The van der Waals surface area contributed by atoms with Crippen molar-refractivity contribution in [3.05, 3.63) is 96.1 Å². The van der Waals surface area contributed by atoms with Crippen LogP contribution in [0.15, 0.2) is 89.3 Å². The van der Waals surface area contributed by atoms with E-state index in [1.807, 2.05) is 0 Å². The second kappa shape index (κ2) is 5.02. The maximum Gasteiger partial charge on any atom is 0.136 e. The van der Waals surface area contributed by atoms with Crippen LogP contribution in [0, 0.1) is 0 Å². The molecule has 1 heterocycles. The fourth-order valence-electron chi connectivity index (χ4n) is 4.92. The van der Waals surface area contributed by atoms with Crippen molar-refractivity contribution in [2.75, 3.05) is 0 Å². The second-order valence-electron chi connectivity index (χ2n) is 7.80. The summed E-state index contributed by atoms with van der Waals surface area (Å²) in [7, 11) is 0. The van der Waals surface area contributed by atoms with Crippen molar-refractivity contribution in [1.29, 1.82) is 0 Å². The fraction of sp³-hybridized carbons (Fsp3) is 0.0370. The molecule has 7 rings (SSSR count). The Hall–Kier alpha value is -3.58. The van der Waals surface area contributed by atoms with E-state index < -0.39 is 0 Å². The lowest BCUT2D eigenvalue weighted by molar-refractivity contribution is 0.669. The average molecular weight is 356 g/mol. The lowest BCUT2D eigenvalue weighted by atomic mass is 9.96. The van der Waals surface area contributed by atoms with Crippen LogP contribution < -0.4 is 0 Å². The quantitative estimate of drug-likeness (QED) is 0.275. The molecule has 0 fully saturated rings. The predicted octanol–water partition coefficient (Wildman–Crippen LogP) is 7.46. The van der Waals surface area contributed by atoms with Crippen LogP contribution in [0.3, 0.4) is 0 Å². The lowest BCUT2D eigenvalue weighted by Crippen LogP contribution is -1.81. The van der Waals surface area contributed by atoms with Crippen molar-refractivity contribution in [2.24, 2.45) is 0 Å². The van der Waals surface area contributed by atoms with Crippen molar-refractivity contribution in [1.82, 2.24) is 0 Å². The van der Waals surface area contributed by atoms with Crippen LogP contribution in [0.5, 0.6) is 0 Å². The zero-order valence-electron chi connectivity index (χ0n) is 15.2. The first kappa shape index (κ1) is 14.5. The van der Waals surface area contributed by atoms with E-state index in [1.165, 1.54) is 54.6 Å². The van der Waals surface area contributed by atoms with Crippen molar-refractivity contribution < 1.29 is 4.42 Å². The molecule has 0 amide bonds. The Morgan fingerprint density at radius 3 is 2.04 bits per heavy atom. The van der Waals surface area contributed by atoms with Crippen LogP contribution >= 0.6 is 0 Å². The Bertz CT molecular complexity index is 1580. The number of furan rings is 1. The van der Waals surface area contributed by atoms with Gasteiger partial charge >= 0.3 is 0 Å². The molecule has 0 spiro atoms. The monoisotopic (exact) mass is 356 g/mol. The van der Waals surface area contributed by atoms with Crippen molar-refractivity contribution >= 4 is 43.5 Å². The van der Waals surface area contributed by atoms with E-state index in [0.29, 0.717) is 0 Å². The minimum absolute atomic E-state index is 0.969. The zero-order valence-corrected chi connectivity index (χ0v) is 15.2. The maximum atomic E-state index is 6.29. The van der Waals surface area contributed by atoms with Gasteiger partial charge in [-0.1, -0.05) is 60.7 Å². The molecule has 1 nitrogen and oxygen atoms in total. The molecule has 0 atom stereocenters. The topological polar surface area (TPSA) is 13.1 Å². The van der Waals surface area contributed by atoms with Gasteiger partial charge in [0.15, 0.2) is 0 Å². The molecular formula is C27H16O. The van der Waals surface area contributed by atoms with Gasteiger partial charge in [-0.25, -0.2) is 0 Å². The molecule has 0 saturated heterocycles. The van der Waals surface area contributed by atoms with E-state index in [-0.39, 0.29) is 0 Å². The third kappa shape index (κ3) is 1.81. The Labute approximate surface area is 161 Å². The first-order valence-electron chi connectivity index (χ1n) is 9.74. The standard InChI is InChI=1S/C27H16O/c1-2-6-17-13-22-21(11-16(17)5-1)12-20-9-10-24-27(26(20)22)23-14-18-7-3-4-8-19(18)15-25(23)28-24/h1-11,13-15H,12H2. The average Bonchev–Trinajstić information content (AvgIpc) is 3.27. The summed E-state index contributed by atoms with van der Waals surface area (Å²) in [5.74, 6) is 0. The summed E-state index contributed by atoms with van der Waals surface area (Å²) in [6.07, 6.45) is 0.992. The summed E-state index contributed by atoms with van der Waals surface area (Å²) in [5, 5.41) is 7.56. The van der Waals surface area contributed by atoms with Gasteiger partial charge in [0.2, 0.25) is 0 Å². The van der Waals surface area contributed by atoms with E-state index >= 15 is 0 Å². The molecule has 1 aromatic heterocycles. The predicted molar refractivity (Wildman–Crippen MR) is 117 cm³/mol. The largest absolute Gasteiger partial charge is 0.456 e. The van der Waals surface area contributed by atoms with Gasteiger partial charge in [0, 0.05) is 10.8 Å². The van der Waals surface area contributed by atoms with Gasteiger partial charge in [0.05, 0.1) is 0 Å². The molecule has 0 bridgehead atoms. The molecule has 0 radical (unpaired) electrons. The minimum atomic E-state index is 0.969. The van der Waals surface area contributed by atoms with E-state index in [9.17, 15) is 0 Å². The first-order valence-corrected chi connectivity index (χ1v) is 9.74. The zero-order chi connectivity index (χ0) is 18.2. The van der Waals surface area contributed by atoms with E-state index in [0.717, 1.165) is 17.6 Å². The Kier molecular flexibility index (Phi) is 2.60. The highest BCUT2D eigenvalue weighted by molar-refractivity contribution is 6.17. The Morgan fingerprint density at radius 1 is 0.571 bits per heavy atom. The molecule has 130 valence electrons. The summed E-state index contributed by atoms with van der Waals surface area (Å²) < 4.78 is 6.29. The molecule has 0 aliphatic heterocycles. The van der Waals surface area contributed by atoms with Crippen molar-refractivity contribution in [2.45, 2.75) is 6.42 Å². The molecule has 0 unspecified atom stereocenters. The van der Waals surface area contributed by atoms with Gasteiger partial charge in [-0.3, -0.25) is 0 Å². The molecular weight excluding hydrogens is 340 g/mol. The van der Waals surface area contributed by atoms with Crippen LogP contribution in [-0.4, -0.2) is 0 Å². The highest BCUT2D eigenvalue weighted by atomic mass is 16.3. The van der Waals surface area contributed by atoms with Crippen LogP contribution in [0.25, 0.3) is 54.6 Å². The highest BCUT2D eigenvalue weighted by Gasteiger charge is 2.24. The van der Waals surface area contributed by atoms with Gasteiger partial charge in [-0.2, -0.15) is 0 Å². The Morgan fingerprint density at radius 2 is 1.25 bits per heavy atom. The second-order valence-corrected chi connectivity index (χ2v) is 7.80. The molecule has 28 heavy (non-hydrogen) atoms. The van der Waals surface area contributed by atoms with E-state index in [1.54, 1.807) is 0 Å². The van der Waals surface area contributed by atoms with E-state index in [2.05, 4.69) is 84.9 Å². The van der Waals surface area contributed by atoms with E-state index in [4.69, 9.17) is 4.42 Å². The number of hydrogen-bond donors (Lipinski definition) is 0. The first-order chi connectivity index (χ1) is 13.8. The number of benzene rings is 5. The summed E-state index contributed by atoms with van der Waals surface area (Å²) in [4.78, 5) is 0. The van der Waals surface area contributed by atoms with Gasteiger partial charge in [-0.15, -0.1) is 0 Å². The highest BCUT2D eigenvalue weighted by Crippen LogP contribution is 2.46. The van der Waals surface area contributed by atoms with Crippen LogP contribution in [-0.2, 0) is 6.42 Å². The molecule has 1 aliphatic carbocycles. The fourth-order valence-corrected chi connectivity index (χ4v) is 4.92. The molecule has 1 aliphatic rings. The van der Waals surface area contributed by atoms with Crippen LogP contribution in [0.2, 0.25) is 0 Å². The smallest absolute Gasteiger partial charge is 0.136 e. The van der Waals surface area contributed by atoms with Gasteiger partial charge in [-0.05, 0) is 74.5 Å². The molecule has 0 saturated carbocycles. The third-order valence-corrected chi connectivity index (χ3v) is 6.21. The Balaban J connectivity index is 1.64. The van der Waals surface area contributed by atoms with Crippen LogP contribution in [0.1, 0.15) is 11.1 Å². The number of fused-ring (bicyclic) bond motifs is 9. The lowest BCUT2D eigenvalue weighted by Gasteiger charge is -2.06. The van der Waals surface area contributed by atoms with Gasteiger partial charge in [0.25, 0.3) is 0 Å². The molecule has 1 heteroatoms. The third-order valence-electron chi connectivity index (χ3n) is 6.21. The minimum Gasteiger partial charge on any atom is -0.456 e. The SMILES string of the molecule is c1ccc2cc3c(cc2c1)Cc1ccc2oc4cc5ccccc5cc4c2c1-3. The van der Waals surface area contributed by atoms with Crippen molar-refractivity contribution in [3.8, 4) is 11.1 Å². The normalized spacial score (nSPS) is 12.9. The summed E-state index contributed by atoms with van der Waals surface area (Å²) in [5.41, 5.74) is 7.47. The maximum absolute atomic E-state index is 6.29. The number of rotatable bonds is 0. The van der Waals surface area contributed by atoms with Crippen molar-refractivity contribution in [3.63, 3.8) is 0 Å². The van der Waals surface area contributed by atoms with Gasteiger partial charge in [0.1, 0.15) is 11.2 Å². The van der Waals surface area contributed by atoms with Crippen LogP contribution in [0.4, 0.5) is 0 Å². The summed E-state index contributed by atoms with van der Waals surface area (Å²) in [6, 6.07) is 30.7. The molecule has 0 N–H and O–H groups in total. The molecule has 5 aromatic carbocycles. The van der Waals surface area contributed by atoms with Gasteiger partial charge < -0.3 is 4.42 Å².